The smallest absolute Gasteiger partial charge is 0.369 e. The van der Waals surface area contributed by atoms with Crippen LogP contribution < -0.4 is 11.3 Å². The summed E-state index contributed by atoms with van der Waals surface area (Å²) in [5.41, 5.74) is 4.84. The van der Waals surface area contributed by atoms with Gasteiger partial charge in [-0.2, -0.15) is 13.2 Å². The number of benzene rings is 2. The lowest BCUT2D eigenvalue weighted by Gasteiger charge is -2.13. The predicted molar refractivity (Wildman–Crippen MR) is 89.5 cm³/mol. The van der Waals surface area contributed by atoms with Crippen LogP contribution in [0.1, 0.15) is 5.56 Å². The molecule has 0 aliphatic carbocycles. The van der Waals surface area contributed by atoms with E-state index in [1.807, 2.05) is 22.6 Å². The fraction of sp³-hybridized carbons (Fsp3) is 0.0667. The predicted octanol–water partition coefficient (Wildman–Crippen LogP) is 3.59. The van der Waals surface area contributed by atoms with E-state index >= 15 is 0 Å². The molecule has 0 unspecified atom stereocenters. The third-order valence-electron chi connectivity index (χ3n) is 3.29. The van der Waals surface area contributed by atoms with Crippen LogP contribution in [0, 0.1) is 3.57 Å². The van der Waals surface area contributed by atoms with Crippen molar-refractivity contribution in [1.29, 1.82) is 0 Å². The number of nitrogens with zero attached hydrogens (tertiary/aromatic N) is 2. The van der Waals surface area contributed by atoms with Crippen molar-refractivity contribution in [2.45, 2.75) is 6.18 Å². The summed E-state index contributed by atoms with van der Waals surface area (Å²) in [7, 11) is 0. The Morgan fingerprint density at radius 1 is 1.13 bits per heavy atom. The topological polar surface area (TPSA) is 60.9 Å². The maximum atomic E-state index is 12.9. The number of aromatic nitrogens is 2. The average Bonchev–Trinajstić information content (AvgIpc) is 2.48. The van der Waals surface area contributed by atoms with E-state index in [9.17, 15) is 18.0 Å². The zero-order chi connectivity index (χ0) is 16.8. The molecule has 0 radical (unpaired) electrons. The van der Waals surface area contributed by atoms with E-state index in [2.05, 4.69) is 4.98 Å². The highest BCUT2D eigenvalue weighted by Crippen LogP contribution is 2.30. The normalized spacial score (nSPS) is 11.8. The van der Waals surface area contributed by atoms with E-state index in [-0.39, 0.29) is 11.6 Å². The lowest BCUT2D eigenvalue weighted by atomic mass is 10.2. The van der Waals surface area contributed by atoms with Gasteiger partial charge in [0.05, 0.1) is 22.2 Å². The summed E-state index contributed by atoms with van der Waals surface area (Å²) in [4.78, 5) is 16.7. The van der Waals surface area contributed by atoms with Crippen LogP contribution in [0.15, 0.2) is 47.3 Å². The molecule has 0 saturated heterocycles. The molecule has 3 aromatic rings. The van der Waals surface area contributed by atoms with Gasteiger partial charge in [0.25, 0.3) is 5.56 Å². The number of rotatable bonds is 1. The van der Waals surface area contributed by atoms with Crippen LogP contribution in [0.5, 0.6) is 0 Å². The SMILES string of the molecule is Nc1nc2ccc(I)cc2c(=O)n1-c1cccc(C(F)(F)F)c1. The average molecular weight is 431 g/mol. The maximum absolute atomic E-state index is 12.9. The Labute approximate surface area is 141 Å². The van der Waals surface area contributed by atoms with Gasteiger partial charge in [0, 0.05) is 3.57 Å². The van der Waals surface area contributed by atoms with E-state index in [0.717, 1.165) is 20.3 Å². The first kappa shape index (κ1) is 15.8. The van der Waals surface area contributed by atoms with Gasteiger partial charge in [0.2, 0.25) is 5.95 Å². The Hall–Kier alpha value is -2.10. The Morgan fingerprint density at radius 2 is 1.87 bits per heavy atom. The van der Waals surface area contributed by atoms with Gasteiger partial charge in [-0.25, -0.2) is 9.55 Å². The van der Waals surface area contributed by atoms with Crippen molar-refractivity contribution in [1.82, 2.24) is 9.55 Å². The highest BCUT2D eigenvalue weighted by molar-refractivity contribution is 14.1. The number of halogens is 4. The summed E-state index contributed by atoms with van der Waals surface area (Å²) >= 11 is 2.04. The van der Waals surface area contributed by atoms with Gasteiger partial charge in [-0.05, 0) is 59.0 Å². The molecule has 1 aromatic heterocycles. The molecule has 4 nitrogen and oxygen atoms in total. The molecule has 0 bridgehead atoms. The molecular weight excluding hydrogens is 422 g/mol. The number of hydrogen-bond donors (Lipinski definition) is 1. The van der Waals surface area contributed by atoms with Crippen molar-refractivity contribution in [3.63, 3.8) is 0 Å². The summed E-state index contributed by atoms with van der Waals surface area (Å²) in [6, 6.07) is 9.45. The lowest BCUT2D eigenvalue weighted by molar-refractivity contribution is -0.137. The van der Waals surface area contributed by atoms with Gasteiger partial charge < -0.3 is 5.73 Å². The van der Waals surface area contributed by atoms with Gasteiger partial charge in [-0.15, -0.1) is 0 Å². The van der Waals surface area contributed by atoms with Crippen molar-refractivity contribution in [2.24, 2.45) is 0 Å². The van der Waals surface area contributed by atoms with Crippen LogP contribution in [0.4, 0.5) is 19.1 Å². The molecule has 118 valence electrons. The molecule has 23 heavy (non-hydrogen) atoms. The molecule has 8 heteroatoms. The largest absolute Gasteiger partial charge is 0.416 e. The summed E-state index contributed by atoms with van der Waals surface area (Å²) in [6.45, 7) is 0. The van der Waals surface area contributed by atoms with E-state index < -0.39 is 17.3 Å². The van der Waals surface area contributed by atoms with E-state index in [1.165, 1.54) is 12.1 Å². The molecule has 0 spiro atoms. The van der Waals surface area contributed by atoms with E-state index in [4.69, 9.17) is 5.73 Å². The monoisotopic (exact) mass is 431 g/mol. The fourth-order valence-electron chi connectivity index (χ4n) is 2.25. The molecule has 0 aliphatic heterocycles. The quantitative estimate of drug-likeness (QED) is 0.600. The van der Waals surface area contributed by atoms with E-state index in [1.54, 1.807) is 18.2 Å². The van der Waals surface area contributed by atoms with E-state index in [0.29, 0.717) is 10.9 Å². The molecule has 0 atom stereocenters. The fourth-order valence-corrected chi connectivity index (χ4v) is 2.74. The van der Waals surface area contributed by atoms with Crippen molar-refractivity contribution < 1.29 is 13.2 Å². The third kappa shape index (κ3) is 2.90. The number of alkyl halides is 3. The number of anilines is 1. The number of fused-ring (bicyclic) bond motifs is 1. The van der Waals surface area contributed by atoms with Gasteiger partial charge in [-0.3, -0.25) is 4.79 Å². The van der Waals surface area contributed by atoms with Crippen LogP contribution in [0.3, 0.4) is 0 Å². The minimum atomic E-state index is -4.51. The standard InChI is InChI=1S/C15H9F3IN3O/c16-15(17,18)8-2-1-3-10(6-8)22-13(23)11-7-9(19)4-5-12(11)21-14(22)20/h1-7H,(H2,20,21). The van der Waals surface area contributed by atoms with Crippen molar-refractivity contribution in [3.05, 3.63) is 62.0 Å². The molecular formula is C15H9F3IN3O. The zero-order valence-electron chi connectivity index (χ0n) is 11.4. The van der Waals surface area contributed by atoms with Crippen LogP contribution >= 0.6 is 22.6 Å². The van der Waals surface area contributed by atoms with Crippen molar-refractivity contribution in [2.75, 3.05) is 5.73 Å². The van der Waals surface area contributed by atoms with Crippen LogP contribution in [-0.4, -0.2) is 9.55 Å². The zero-order valence-corrected chi connectivity index (χ0v) is 13.6. The molecule has 0 fully saturated rings. The molecule has 1 heterocycles. The molecule has 3 rings (SSSR count). The summed E-state index contributed by atoms with van der Waals surface area (Å²) in [6.07, 6.45) is -4.51. The van der Waals surface area contributed by atoms with Gasteiger partial charge >= 0.3 is 6.18 Å². The second kappa shape index (κ2) is 5.52. The van der Waals surface area contributed by atoms with Crippen molar-refractivity contribution in [3.8, 4) is 5.69 Å². The minimum absolute atomic E-state index is 0.0237. The first-order valence-corrected chi connectivity index (χ1v) is 7.50. The Balaban J connectivity index is 2.30. The Bertz CT molecular complexity index is 966. The molecule has 0 amide bonds. The van der Waals surface area contributed by atoms with Crippen molar-refractivity contribution >= 4 is 39.4 Å². The number of nitrogen functional groups attached to an aromatic ring is 1. The highest BCUT2D eigenvalue weighted by atomic mass is 127. The lowest BCUT2D eigenvalue weighted by Crippen LogP contribution is -2.23. The van der Waals surface area contributed by atoms with Gasteiger partial charge in [-0.1, -0.05) is 6.07 Å². The summed E-state index contributed by atoms with van der Waals surface area (Å²) < 4.78 is 40.4. The number of hydrogen-bond acceptors (Lipinski definition) is 3. The van der Waals surface area contributed by atoms with Gasteiger partial charge in [0.1, 0.15) is 0 Å². The maximum Gasteiger partial charge on any atom is 0.416 e. The van der Waals surface area contributed by atoms with Gasteiger partial charge in [0.15, 0.2) is 0 Å². The second-order valence-corrected chi connectivity index (χ2v) is 6.07. The summed E-state index contributed by atoms with van der Waals surface area (Å²) in [5.74, 6) is -0.164. The number of nitrogens with two attached hydrogens (primary N) is 1. The Kier molecular flexibility index (Phi) is 3.78. The molecule has 2 N–H and O–H groups in total. The first-order chi connectivity index (χ1) is 10.8. The first-order valence-electron chi connectivity index (χ1n) is 6.43. The molecule has 0 aliphatic rings. The second-order valence-electron chi connectivity index (χ2n) is 4.82. The molecule has 2 aromatic carbocycles. The highest BCUT2D eigenvalue weighted by Gasteiger charge is 2.30. The minimum Gasteiger partial charge on any atom is -0.369 e. The van der Waals surface area contributed by atoms with Crippen LogP contribution in [-0.2, 0) is 6.18 Å². The third-order valence-corrected chi connectivity index (χ3v) is 3.96. The Morgan fingerprint density at radius 3 is 2.57 bits per heavy atom. The van der Waals surface area contributed by atoms with Crippen LogP contribution in [0.2, 0.25) is 0 Å². The summed E-state index contributed by atoms with van der Waals surface area (Å²) in [5, 5.41) is 0.295. The van der Waals surface area contributed by atoms with Crippen LogP contribution in [0.25, 0.3) is 16.6 Å². The molecule has 0 saturated carbocycles.